The predicted octanol–water partition coefficient (Wildman–Crippen LogP) is 5.57. The third kappa shape index (κ3) is 11.3. The van der Waals surface area contributed by atoms with Gasteiger partial charge in [-0.05, 0) is 17.4 Å². The molecule has 3 aromatic carbocycles. The van der Waals surface area contributed by atoms with Crippen molar-refractivity contribution in [1.82, 2.24) is 0 Å². The van der Waals surface area contributed by atoms with Crippen LogP contribution < -0.4 is 24.8 Å². The van der Waals surface area contributed by atoms with Crippen molar-refractivity contribution in [3.8, 4) is 11.1 Å². The Balaban J connectivity index is 0.000000363. The van der Waals surface area contributed by atoms with Crippen LogP contribution in [0.1, 0.15) is 124 Å². The first-order valence-electron chi connectivity index (χ1n) is 16.1. The summed E-state index contributed by atoms with van der Waals surface area (Å²) in [6.45, 7) is 27.1. The molecule has 0 aromatic heterocycles. The molecule has 0 bridgehead atoms. The molecule has 0 saturated carbocycles. The molecule has 3 heteroatoms. The van der Waals surface area contributed by atoms with Crippen molar-refractivity contribution >= 4 is 3.21 Å². The third-order valence-corrected chi connectivity index (χ3v) is 9.10. The van der Waals surface area contributed by atoms with Crippen LogP contribution in [0.2, 0.25) is 0 Å². The normalized spacial score (nSPS) is 15.0. The van der Waals surface area contributed by atoms with Gasteiger partial charge in [-0.3, -0.25) is 6.08 Å². The monoisotopic (exact) mass is 718 g/mol. The number of rotatable bonds is 3. The third-order valence-electron chi connectivity index (χ3n) is 8.39. The zero-order valence-corrected chi connectivity index (χ0v) is 33.8. The van der Waals surface area contributed by atoms with Crippen molar-refractivity contribution < 1.29 is 49.0 Å². The fraction of sp³-hybridized carbons (Fsp3) is 0.452. The van der Waals surface area contributed by atoms with Gasteiger partial charge in [-0.2, -0.15) is 41.0 Å². The van der Waals surface area contributed by atoms with Crippen LogP contribution in [0.3, 0.4) is 0 Å². The number of hydrogen-bond donors (Lipinski definition) is 0. The van der Waals surface area contributed by atoms with E-state index in [0.717, 1.165) is 12.8 Å². The standard InChI is InChI=1S/C21H25.C13H21.C8H8.2ClH.Zr/c1-20(2,3)16-9-7-14-11-15-8-10-17(21(4,5)6)13-19(15)18(14)12-16;1-6-10-8-11(7-2)12(9-10)13(3,4)5;1-2-8-6-4-3-5-7-8;;;/h7,9-10,12-13H,11H2,1-6H3;9-10H,6-7H2,1-5H3;3-7H,1H3;2*1H;/q2*-1;;;;+2/p-2. The largest absolute Gasteiger partial charge is 1.00 e. The molecule has 2 aliphatic carbocycles. The minimum atomic E-state index is 0. The first kappa shape index (κ1) is 41.5. The van der Waals surface area contributed by atoms with Crippen molar-refractivity contribution in [1.29, 1.82) is 0 Å². The van der Waals surface area contributed by atoms with Crippen molar-refractivity contribution in [3.05, 3.63) is 118 Å². The van der Waals surface area contributed by atoms with Crippen LogP contribution in [0.15, 0.2) is 77.9 Å². The number of benzene rings is 3. The fourth-order valence-electron chi connectivity index (χ4n) is 5.53. The summed E-state index contributed by atoms with van der Waals surface area (Å²) >= 11 is 1.51. The van der Waals surface area contributed by atoms with E-state index in [2.05, 4.69) is 156 Å². The zero-order valence-electron chi connectivity index (χ0n) is 29.8. The van der Waals surface area contributed by atoms with E-state index in [1.165, 1.54) is 84.0 Å². The van der Waals surface area contributed by atoms with Gasteiger partial charge in [0.25, 0.3) is 0 Å². The molecule has 0 nitrogen and oxygen atoms in total. The fourth-order valence-corrected chi connectivity index (χ4v) is 5.94. The Morgan fingerprint density at radius 2 is 1.36 bits per heavy atom. The molecule has 0 saturated heterocycles. The molecule has 0 spiro atoms. The summed E-state index contributed by atoms with van der Waals surface area (Å²) in [5.74, 6) is 0.573. The predicted molar refractivity (Wildman–Crippen MR) is 186 cm³/mol. The van der Waals surface area contributed by atoms with Crippen LogP contribution >= 0.6 is 0 Å². The number of hydrogen-bond acceptors (Lipinski definition) is 0. The van der Waals surface area contributed by atoms with Crippen LogP contribution in [0.25, 0.3) is 11.1 Å². The second kappa shape index (κ2) is 17.0. The van der Waals surface area contributed by atoms with Gasteiger partial charge in [0.15, 0.2) is 0 Å². The molecule has 1 atom stereocenters. The molecule has 0 fully saturated rings. The minimum Gasteiger partial charge on any atom is -1.00 e. The summed E-state index contributed by atoms with van der Waals surface area (Å²) in [7, 11) is 0. The Hall–Kier alpha value is -1.53. The summed E-state index contributed by atoms with van der Waals surface area (Å²) in [5.41, 5.74) is 13.4. The molecule has 1 unspecified atom stereocenters. The molecule has 0 N–H and O–H groups in total. The maximum absolute atomic E-state index is 3.57. The smallest absolute Gasteiger partial charge is 1.00 e. The van der Waals surface area contributed by atoms with Crippen LogP contribution in [0.5, 0.6) is 0 Å². The van der Waals surface area contributed by atoms with Gasteiger partial charge in [0.2, 0.25) is 0 Å². The van der Waals surface area contributed by atoms with Crippen LogP contribution in [0, 0.1) is 23.5 Å². The van der Waals surface area contributed by atoms with Crippen LogP contribution in [-0.2, 0) is 41.5 Å². The van der Waals surface area contributed by atoms with Gasteiger partial charge in [0, 0.05) is 0 Å². The Kier molecular flexibility index (Phi) is 15.7. The van der Waals surface area contributed by atoms with E-state index in [-0.39, 0.29) is 35.6 Å². The second-order valence-corrected chi connectivity index (χ2v) is 17.0. The summed E-state index contributed by atoms with van der Waals surface area (Å²) in [5, 5.41) is 0. The average molecular weight is 721 g/mol. The van der Waals surface area contributed by atoms with Gasteiger partial charge in [0.1, 0.15) is 0 Å². The maximum atomic E-state index is 3.57. The molecule has 3 aromatic rings. The molecule has 242 valence electrons. The Labute approximate surface area is 303 Å². The molecule has 2 aliphatic rings. The molecule has 5 rings (SSSR count). The molecular weight excluding hydrogens is 667 g/mol. The van der Waals surface area contributed by atoms with Crippen molar-refractivity contribution in [2.24, 2.45) is 11.3 Å². The molecular formula is C42H54Cl2Zr-2. The van der Waals surface area contributed by atoms with E-state index in [9.17, 15) is 0 Å². The van der Waals surface area contributed by atoms with E-state index >= 15 is 0 Å². The van der Waals surface area contributed by atoms with Crippen molar-refractivity contribution in [3.63, 3.8) is 0 Å². The maximum Gasteiger partial charge on any atom is -1.00 e. The Morgan fingerprint density at radius 1 is 0.778 bits per heavy atom. The van der Waals surface area contributed by atoms with E-state index in [1.54, 1.807) is 0 Å². The average Bonchev–Trinajstić information content (AvgIpc) is 3.54. The summed E-state index contributed by atoms with van der Waals surface area (Å²) in [6.07, 6.45) is 9.31. The van der Waals surface area contributed by atoms with Crippen LogP contribution in [0.4, 0.5) is 0 Å². The van der Waals surface area contributed by atoms with Gasteiger partial charge in [-0.15, -0.1) is 5.56 Å². The number of fused-ring (bicyclic) bond motifs is 3. The summed E-state index contributed by atoms with van der Waals surface area (Å²) in [6, 6.07) is 25.5. The van der Waals surface area contributed by atoms with Gasteiger partial charge >= 0.3 is 70.3 Å². The number of halogens is 2. The zero-order chi connectivity index (χ0) is 32.2. The summed E-state index contributed by atoms with van der Waals surface area (Å²) < 4.78 is 1.46. The molecule has 0 heterocycles. The molecule has 45 heavy (non-hydrogen) atoms. The van der Waals surface area contributed by atoms with Crippen molar-refractivity contribution in [2.45, 2.75) is 113 Å². The van der Waals surface area contributed by atoms with E-state index < -0.39 is 0 Å². The van der Waals surface area contributed by atoms with Gasteiger partial charge in [0.05, 0.1) is 0 Å². The van der Waals surface area contributed by atoms with Gasteiger partial charge in [-0.25, -0.2) is 5.57 Å². The topological polar surface area (TPSA) is 0 Å². The Bertz CT molecular complexity index is 1410. The minimum absolute atomic E-state index is 0. The quantitative estimate of drug-likeness (QED) is 0.243. The van der Waals surface area contributed by atoms with E-state index in [1.807, 2.05) is 6.07 Å². The molecule has 0 amide bonds. The van der Waals surface area contributed by atoms with E-state index in [4.69, 9.17) is 0 Å². The van der Waals surface area contributed by atoms with Crippen LogP contribution in [-0.4, -0.2) is 3.21 Å². The molecule has 0 aliphatic heterocycles. The Morgan fingerprint density at radius 3 is 1.80 bits per heavy atom. The summed E-state index contributed by atoms with van der Waals surface area (Å²) in [4.78, 5) is 0. The first-order chi connectivity index (χ1) is 20.0. The molecule has 0 radical (unpaired) electrons. The second-order valence-electron chi connectivity index (χ2n) is 15.1. The van der Waals surface area contributed by atoms with Gasteiger partial charge < -0.3 is 24.8 Å². The van der Waals surface area contributed by atoms with E-state index in [0.29, 0.717) is 11.3 Å². The van der Waals surface area contributed by atoms with Gasteiger partial charge in [-0.1, -0.05) is 135 Å². The van der Waals surface area contributed by atoms with Crippen molar-refractivity contribution in [2.75, 3.05) is 0 Å². The first-order valence-corrected chi connectivity index (χ1v) is 17.3. The number of allylic oxidation sites excluding steroid dienone is 4. The SMILES string of the molecule is CC(C)(C)c1c[c-]c2c(c1)-c1cc(C(C)(C)C)ccc1C2.CCC1=[C-]C(CC)C=C1C(C)(C)C.C[C](=[Zr+2])c1ccccc1.[Cl-].[Cl-].